The molecule has 3 heterocycles. The Hall–Kier alpha value is -2.26. The molecule has 0 radical (unpaired) electrons. The number of aliphatic hydroxyl groups excluding tert-OH is 1. The fourth-order valence-corrected chi connectivity index (χ4v) is 6.35. The quantitative estimate of drug-likeness (QED) is 0.586. The van der Waals surface area contributed by atoms with Gasteiger partial charge in [-0.05, 0) is 43.6 Å². The van der Waals surface area contributed by atoms with Crippen molar-refractivity contribution in [1.82, 2.24) is 15.1 Å². The lowest BCUT2D eigenvalue weighted by atomic mass is 9.61. The van der Waals surface area contributed by atoms with Crippen LogP contribution in [0.2, 0.25) is 0 Å². The number of aliphatic hydroxyl groups is 1. The molecule has 2 aliphatic carbocycles. The van der Waals surface area contributed by atoms with Crippen LogP contribution in [0.3, 0.4) is 0 Å². The van der Waals surface area contributed by atoms with E-state index in [1.807, 2.05) is 0 Å². The first kappa shape index (κ1) is 19.7. The third-order valence-electron chi connectivity index (χ3n) is 7.53. The summed E-state index contributed by atoms with van der Waals surface area (Å²) in [6.45, 7) is 2.70. The van der Waals surface area contributed by atoms with Crippen molar-refractivity contribution in [3.05, 3.63) is 23.6 Å². The molecule has 2 amide bonds. The number of rotatable bonds is 2. The van der Waals surface area contributed by atoms with E-state index in [4.69, 9.17) is 4.74 Å². The average molecular weight is 419 g/mol. The standard InChI is InChI=1S/C21H29N3O6/c1-12-2-3-17-21(10-12)5-7-22(11-13-8-14(25)9-16(30-17)18(13)21)24(20(27)28)15-4-6-23(29)19(15)26/h5,7,12-15,17,25,29H,2-4,6,8-11H2,1H3,(H,27,28)/t12?,13-,14-,15-,17-,21?/m1/s1. The maximum atomic E-state index is 12.4. The van der Waals surface area contributed by atoms with Gasteiger partial charge in [0.25, 0.3) is 5.91 Å². The van der Waals surface area contributed by atoms with Gasteiger partial charge in [-0.15, -0.1) is 0 Å². The highest BCUT2D eigenvalue weighted by Crippen LogP contribution is 2.59. The second-order valence-electron chi connectivity index (χ2n) is 9.49. The predicted molar refractivity (Wildman–Crippen MR) is 104 cm³/mol. The molecule has 1 saturated carbocycles. The van der Waals surface area contributed by atoms with Crippen LogP contribution in [-0.2, 0) is 9.53 Å². The molecule has 0 aromatic carbocycles. The van der Waals surface area contributed by atoms with Crippen molar-refractivity contribution in [2.75, 3.05) is 13.1 Å². The van der Waals surface area contributed by atoms with Crippen molar-refractivity contribution in [2.24, 2.45) is 17.3 Å². The van der Waals surface area contributed by atoms with E-state index in [9.17, 15) is 25.0 Å². The van der Waals surface area contributed by atoms with Gasteiger partial charge in [-0.3, -0.25) is 15.0 Å². The molecule has 5 aliphatic rings. The molecule has 0 aromatic rings. The Bertz CT molecular complexity index is 828. The summed E-state index contributed by atoms with van der Waals surface area (Å²) in [4.78, 5) is 24.5. The molecule has 2 unspecified atom stereocenters. The number of carboxylic acid groups (broad SMARTS) is 1. The molecule has 0 bridgehead atoms. The van der Waals surface area contributed by atoms with Crippen LogP contribution in [0, 0.1) is 17.3 Å². The van der Waals surface area contributed by atoms with Crippen molar-refractivity contribution in [3.8, 4) is 0 Å². The first-order valence-electron chi connectivity index (χ1n) is 10.9. The zero-order valence-electron chi connectivity index (χ0n) is 17.1. The minimum absolute atomic E-state index is 0.0158. The van der Waals surface area contributed by atoms with Gasteiger partial charge in [0.2, 0.25) is 0 Å². The van der Waals surface area contributed by atoms with Crippen LogP contribution < -0.4 is 0 Å². The minimum Gasteiger partial charge on any atom is -0.493 e. The normalized spacial score (nSPS) is 40.1. The molecular formula is C21H29N3O6. The van der Waals surface area contributed by atoms with Gasteiger partial charge in [0.15, 0.2) is 0 Å². The number of amides is 2. The third-order valence-corrected chi connectivity index (χ3v) is 7.53. The van der Waals surface area contributed by atoms with Crippen LogP contribution >= 0.6 is 0 Å². The van der Waals surface area contributed by atoms with Crippen LogP contribution in [0.4, 0.5) is 4.79 Å². The van der Waals surface area contributed by atoms with Gasteiger partial charge < -0.3 is 14.9 Å². The number of nitrogens with zero attached hydrogens (tertiary/aromatic N) is 3. The van der Waals surface area contributed by atoms with Gasteiger partial charge in [0, 0.05) is 25.1 Å². The van der Waals surface area contributed by atoms with Crippen molar-refractivity contribution in [2.45, 2.75) is 63.7 Å². The molecule has 2 fully saturated rings. The number of hydrogen-bond acceptors (Lipinski definition) is 6. The lowest BCUT2D eigenvalue weighted by Gasteiger charge is -2.42. The first-order valence-corrected chi connectivity index (χ1v) is 10.9. The maximum Gasteiger partial charge on any atom is 0.427 e. The van der Waals surface area contributed by atoms with Crippen molar-refractivity contribution >= 4 is 12.0 Å². The highest BCUT2D eigenvalue weighted by molar-refractivity contribution is 5.86. The topological polar surface area (TPSA) is 114 Å². The van der Waals surface area contributed by atoms with E-state index >= 15 is 0 Å². The summed E-state index contributed by atoms with van der Waals surface area (Å²) in [5.74, 6) is 0.738. The number of hydrogen-bond donors (Lipinski definition) is 3. The average Bonchev–Trinajstić information content (AvgIpc) is 3.11. The number of carbonyl (C=O) groups excluding carboxylic acids is 1. The van der Waals surface area contributed by atoms with Crippen molar-refractivity contribution in [1.29, 1.82) is 0 Å². The maximum absolute atomic E-state index is 12.4. The van der Waals surface area contributed by atoms with Crippen LogP contribution in [0.25, 0.3) is 0 Å². The van der Waals surface area contributed by atoms with Crippen molar-refractivity contribution in [3.63, 3.8) is 0 Å². The summed E-state index contributed by atoms with van der Waals surface area (Å²) < 4.78 is 6.35. The Morgan fingerprint density at radius 3 is 2.83 bits per heavy atom. The van der Waals surface area contributed by atoms with Gasteiger partial charge in [0.05, 0.1) is 23.8 Å². The molecule has 9 nitrogen and oxygen atoms in total. The van der Waals surface area contributed by atoms with E-state index in [-0.39, 0.29) is 30.4 Å². The Labute approximate surface area is 175 Å². The summed E-state index contributed by atoms with van der Waals surface area (Å²) in [5.41, 5.74) is 0.939. The largest absolute Gasteiger partial charge is 0.493 e. The van der Waals surface area contributed by atoms with Crippen LogP contribution in [-0.4, -0.2) is 73.8 Å². The molecular weight excluding hydrogens is 390 g/mol. The summed E-state index contributed by atoms with van der Waals surface area (Å²) >= 11 is 0. The van der Waals surface area contributed by atoms with E-state index < -0.39 is 24.1 Å². The highest BCUT2D eigenvalue weighted by atomic mass is 16.5. The Morgan fingerprint density at radius 2 is 2.13 bits per heavy atom. The summed E-state index contributed by atoms with van der Waals surface area (Å²) in [6.07, 6.45) is 6.38. The van der Waals surface area contributed by atoms with E-state index in [1.54, 1.807) is 11.2 Å². The predicted octanol–water partition coefficient (Wildman–Crippen LogP) is 1.93. The SMILES string of the molecule is CC1CC[C@H]2OC3=C4[C@H](C[C@@H](O)C3)CN(N(C(=O)O)[C@@H]3CCN(O)C3=O)C=CC42C1. The molecule has 3 aliphatic heterocycles. The van der Waals surface area contributed by atoms with E-state index in [0.29, 0.717) is 30.4 Å². The highest BCUT2D eigenvalue weighted by Gasteiger charge is 2.56. The van der Waals surface area contributed by atoms with Gasteiger partial charge >= 0.3 is 6.09 Å². The smallest absolute Gasteiger partial charge is 0.427 e. The lowest BCUT2D eigenvalue weighted by molar-refractivity contribution is -0.163. The lowest BCUT2D eigenvalue weighted by Crippen LogP contribution is -2.53. The molecule has 3 N–H and O–H groups in total. The van der Waals surface area contributed by atoms with Gasteiger partial charge in [0.1, 0.15) is 12.1 Å². The number of hydroxylamine groups is 2. The summed E-state index contributed by atoms with van der Waals surface area (Å²) in [6, 6.07) is -0.952. The number of carbonyl (C=O) groups is 2. The third kappa shape index (κ3) is 2.82. The monoisotopic (exact) mass is 419 g/mol. The Morgan fingerprint density at radius 1 is 1.33 bits per heavy atom. The van der Waals surface area contributed by atoms with Crippen LogP contribution in [0.1, 0.15) is 45.4 Å². The molecule has 164 valence electrons. The van der Waals surface area contributed by atoms with Gasteiger partial charge in [-0.1, -0.05) is 13.0 Å². The second-order valence-corrected chi connectivity index (χ2v) is 9.49. The minimum atomic E-state index is -1.23. The van der Waals surface area contributed by atoms with E-state index in [0.717, 1.165) is 30.0 Å². The molecule has 9 heteroatoms. The summed E-state index contributed by atoms with van der Waals surface area (Å²) in [5, 5.41) is 33.4. The zero-order valence-corrected chi connectivity index (χ0v) is 17.1. The van der Waals surface area contributed by atoms with Crippen LogP contribution in [0.5, 0.6) is 0 Å². The number of hydrazine groups is 1. The van der Waals surface area contributed by atoms with E-state index in [1.165, 1.54) is 5.57 Å². The first-order chi connectivity index (χ1) is 14.3. The fourth-order valence-electron chi connectivity index (χ4n) is 6.35. The number of ether oxygens (including phenoxy) is 1. The Balaban J connectivity index is 1.55. The summed E-state index contributed by atoms with van der Waals surface area (Å²) in [7, 11) is 0. The zero-order chi connectivity index (χ0) is 21.2. The fraction of sp³-hybridized carbons (Fsp3) is 0.714. The molecule has 5 rings (SSSR count). The molecule has 30 heavy (non-hydrogen) atoms. The molecule has 1 saturated heterocycles. The van der Waals surface area contributed by atoms with Crippen molar-refractivity contribution < 1.29 is 29.7 Å². The van der Waals surface area contributed by atoms with E-state index in [2.05, 4.69) is 13.0 Å². The van der Waals surface area contributed by atoms with Gasteiger partial charge in [-0.25, -0.2) is 14.9 Å². The Kier molecular flexibility index (Phi) is 4.52. The molecule has 0 aromatic heterocycles. The van der Waals surface area contributed by atoms with Crippen LogP contribution in [0.15, 0.2) is 23.6 Å². The second kappa shape index (κ2) is 6.88. The van der Waals surface area contributed by atoms with Gasteiger partial charge in [-0.2, -0.15) is 0 Å². The molecule has 6 atom stereocenters. The molecule has 1 spiro atoms.